The van der Waals surface area contributed by atoms with Crippen molar-refractivity contribution in [3.05, 3.63) is 41.4 Å². The normalized spacial score (nSPS) is 10.9. The van der Waals surface area contributed by atoms with E-state index in [4.69, 9.17) is 4.42 Å². The first-order chi connectivity index (χ1) is 8.34. The highest BCUT2D eigenvalue weighted by atomic mass is 32.1. The molecule has 0 atom stereocenters. The Bertz CT molecular complexity index is 630. The third-order valence-corrected chi connectivity index (χ3v) is 3.57. The van der Waals surface area contributed by atoms with Crippen molar-refractivity contribution in [1.82, 2.24) is 9.97 Å². The Labute approximate surface area is 102 Å². The maximum Gasteiger partial charge on any atom is 0.138 e. The van der Waals surface area contributed by atoms with Gasteiger partial charge in [0.2, 0.25) is 0 Å². The number of rotatable bonds is 3. The van der Waals surface area contributed by atoms with Gasteiger partial charge in [-0.15, -0.1) is 11.3 Å². The zero-order chi connectivity index (χ0) is 11.7. The Morgan fingerprint density at radius 1 is 1.41 bits per heavy atom. The fraction of sp³-hybridized carbons (Fsp3) is 0.167. The number of aromatic nitrogens is 2. The van der Waals surface area contributed by atoms with Crippen LogP contribution in [0.5, 0.6) is 0 Å². The van der Waals surface area contributed by atoms with Crippen LogP contribution in [0.4, 0.5) is 5.82 Å². The lowest BCUT2D eigenvalue weighted by molar-refractivity contribution is 0.518. The molecule has 1 N–H and O–H groups in total. The maximum absolute atomic E-state index is 5.28. The zero-order valence-electron chi connectivity index (χ0n) is 9.30. The quantitative estimate of drug-likeness (QED) is 0.769. The number of thiophene rings is 1. The van der Waals surface area contributed by atoms with Crippen molar-refractivity contribution in [2.45, 2.75) is 13.5 Å². The Balaban J connectivity index is 1.92. The first kappa shape index (κ1) is 10.3. The fourth-order valence-corrected chi connectivity index (χ4v) is 2.63. The number of anilines is 1. The van der Waals surface area contributed by atoms with Gasteiger partial charge in [0.1, 0.15) is 22.7 Å². The molecule has 3 heterocycles. The summed E-state index contributed by atoms with van der Waals surface area (Å²) in [7, 11) is 0. The van der Waals surface area contributed by atoms with E-state index in [2.05, 4.69) is 27.6 Å². The first-order valence-electron chi connectivity index (χ1n) is 5.29. The van der Waals surface area contributed by atoms with Crippen LogP contribution in [0.2, 0.25) is 0 Å². The van der Waals surface area contributed by atoms with Gasteiger partial charge >= 0.3 is 0 Å². The van der Waals surface area contributed by atoms with Gasteiger partial charge in [-0.3, -0.25) is 0 Å². The summed E-state index contributed by atoms with van der Waals surface area (Å²) in [5, 5.41) is 6.47. The van der Waals surface area contributed by atoms with Crippen LogP contribution >= 0.6 is 11.3 Å². The molecule has 0 amide bonds. The molecule has 0 unspecified atom stereocenters. The van der Waals surface area contributed by atoms with Crippen LogP contribution < -0.4 is 5.32 Å². The molecule has 0 saturated carbocycles. The van der Waals surface area contributed by atoms with Crippen LogP contribution in [0.1, 0.15) is 11.3 Å². The van der Waals surface area contributed by atoms with Gasteiger partial charge in [-0.1, -0.05) is 0 Å². The maximum atomic E-state index is 5.28. The lowest BCUT2D eigenvalue weighted by atomic mass is 10.2. The summed E-state index contributed by atoms with van der Waals surface area (Å²) in [6.45, 7) is 2.70. The Morgan fingerprint density at radius 3 is 3.18 bits per heavy atom. The molecular weight excluding hydrogens is 234 g/mol. The van der Waals surface area contributed by atoms with Crippen molar-refractivity contribution in [3.63, 3.8) is 0 Å². The molecule has 3 aromatic heterocycles. The predicted octanol–water partition coefficient (Wildman–Crippen LogP) is 3.20. The summed E-state index contributed by atoms with van der Waals surface area (Å²) < 4.78 is 5.28. The summed E-state index contributed by atoms with van der Waals surface area (Å²) in [5.74, 6) is 1.76. The average Bonchev–Trinajstić information content (AvgIpc) is 2.97. The standard InChI is InChI=1S/C12H11N3OS/c1-8-6-17-12-10(8)11(14-7-15-12)13-5-9-3-2-4-16-9/h2-4,6-7H,5H2,1H3,(H,13,14,15). The first-order valence-corrected chi connectivity index (χ1v) is 6.17. The fourth-order valence-electron chi connectivity index (χ4n) is 1.74. The minimum atomic E-state index is 0.633. The van der Waals surface area contributed by atoms with Crippen LogP contribution in [-0.2, 0) is 6.54 Å². The summed E-state index contributed by atoms with van der Waals surface area (Å²) in [5.41, 5.74) is 1.20. The van der Waals surface area contributed by atoms with Crippen molar-refractivity contribution >= 4 is 27.4 Å². The van der Waals surface area contributed by atoms with Gasteiger partial charge in [-0.2, -0.15) is 0 Å². The number of furan rings is 1. The van der Waals surface area contributed by atoms with Crippen molar-refractivity contribution in [2.24, 2.45) is 0 Å². The Hall–Kier alpha value is -1.88. The van der Waals surface area contributed by atoms with Crippen molar-refractivity contribution in [3.8, 4) is 0 Å². The second kappa shape index (κ2) is 4.18. The Morgan fingerprint density at radius 2 is 2.35 bits per heavy atom. The summed E-state index contributed by atoms with van der Waals surface area (Å²) >= 11 is 1.64. The molecule has 0 aliphatic heterocycles. The zero-order valence-corrected chi connectivity index (χ0v) is 10.1. The summed E-state index contributed by atoms with van der Waals surface area (Å²) in [4.78, 5) is 9.55. The molecule has 5 heteroatoms. The van der Waals surface area contributed by atoms with E-state index in [-0.39, 0.29) is 0 Å². The molecule has 17 heavy (non-hydrogen) atoms. The third-order valence-electron chi connectivity index (χ3n) is 2.56. The van der Waals surface area contributed by atoms with E-state index in [1.807, 2.05) is 12.1 Å². The van der Waals surface area contributed by atoms with Crippen molar-refractivity contribution in [2.75, 3.05) is 5.32 Å². The number of hydrogen-bond acceptors (Lipinski definition) is 5. The molecule has 0 spiro atoms. The molecule has 4 nitrogen and oxygen atoms in total. The monoisotopic (exact) mass is 245 g/mol. The topological polar surface area (TPSA) is 51.0 Å². The molecule has 0 saturated heterocycles. The van der Waals surface area contributed by atoms with E-state index in [0.717, 1.165) is 21.8 Å². The number of aryl methyl sites for hydroxylation is 1. The lowest BCUT2D eigenvalue weighted by Crippen LogP contribution is -2.01. The SMILES string of the molecule is Cc1csc2ncnc(NCc3ccco3)c12. The van der Waals surface area contributed by atoms with Crippen LogP contribution in [0.15, 0.2) is 34.5 Å². The highest BCUT2D eigenvalue weighted by Crippen LogP contribution is 2.28. The highest BCUT2D eigenvalue weighted by molar-refractivity contribution is 7.17. The van der Waals surface area contributed by atoms with E-state index in [1.165, 1.54) is 5.56 Å². The van der Waals surface area contributed by atoms with Crippen LogP contribution in [-0.4, -0.2) is 9.97 Å². The van der Waals surface area contributed by atoms with Crippen molar-refractivity contribution in [1.29, 1.82) is 0 Å². The van der Waals surface area contributed by atoms with Gasteiger partial charge in [0.25, 0.3) is 0 Å². The van der Waals surface area contributed by atoms with Gasteiger partial charge < -0.3 is 9.73 Å². The summed E-state index contributed by atoms with van der Waals surface area (Å²) in [6, 6.07) is 3.81. The van der Waals surface area contributed by atoms with Crippen LogP contribution in [0.3, 0.4) is 0 Å². The third kappa shape index (κ3) is 1.89. The second-order valence-corrected chi connectivity index (χ2v) is 4.61. The lowest BCUT2D eigenvalue weighted by Gasteiger charge is -2.05. The van der Waals surface area contributed by atoms with E-state index in [9.17, 15) is 0 Å². The van der Waals surface area contributed by atoms with Gasteiger partial charge in [0, 0.05) is 0 Å². The van der Waals surface area contributed by atoms with Crippen LogP contribution in [0, 0.1) is 6.92 Å². The Kier molecular flexibility index (Phi) is 2.53. The van der Waals surface area contributed by atoms with Gasteiger partial charge in [0.05, 0.1) is 18.2 Å². The van der Waals surface area contributed by atoms with E-state index in [1.54, 1.807) is 23.9 Å². The molecule has 0 radical (unpaired) electrons. The molecule has 0 fully saturated rings. The number of nitrogens with zero attached hydrogens (tertiary/aromatic N) is 2. The van der Waals surface area contributed by atoms with E-state index < -0.39 is 0 Å². The molecule has 0 aliphatic rings. The number of nitrogens with one attached hydrogen (secondary N) is 1. The smallest absolute Gasteiger partial charge is 0.138 e. The van der Waals surface area contributed by atoms with Gasteiger partial charge in [-0.25, -0.2) is 9.97 Å². The largest absolute Gasteiger partial charge is 0.467 e. The minimum absolute atomic E-state index is 0.633. The predicted molar refractivity (Wildman–Crippen MR) is 68.2 cm³/mol. The number of hydrogen-bond donors (Lipinski definition) is 1. The molecule has 0 bridgehead atoms. The minimum Gasteiger partial charge on any atom is -0.467 e. The highest BCUT2D eigenvalue weighted by Gasteiger charge is 2.08. The van der Waals surface area contributed by atoms with Gasteiger partial charge in [0.15, 0.2) is 0 Å². The molecule has 86 valence electrons. The molecule has 3 aromatic rings. The molecule has 0 aromatic carbocycles. The van der Waals surface area contributed by atoms with Gasteiger partial charge in [-0.05, 0) is 30.0 Å². The van der Waals surface area contributed by atoms with E-state index >= 15 is 0 Å². The van der Waals surface area contributed by atoms with E-state index in [0.29, 0.717) is 6.54 Å². The second-order valence-electron chi connectivity index (χ2n) is 3.75. The molecular formula is C12H11N3OS. The van der Waals surface area contributed by atoms with Crippen LogP contribution in [0.25, 0.3) is 10.2 Å². The summed E-state index contributed by atoms with van der Waals surface area (Å²) in [6.07, 6.45) is 3.26. The molecule has 0 aliphatic carbocycles. The average molecular weight is 245 g/mol. The molecule has 3 rings (SSSR count). The van der Waals surface area contributed by atoms with Crippen molar-refractivity contribution < 1.29 is 4.42 Å². The number of fused-ring (bicyclic) bond motifs is 1.